The van der Waals surface area contributed by atoms with Gasteiger partial charge in [-0.15, -0.1) is 0 Å². The van der Waals surface area contributed by atoms with E-state index in [1.807, 2.05) is 6.07 Å². The van der Waals surface area contributed by atoms with Crippen molar-refractivity contribution in [3.05, 3.63) is 72.7 Å². The molecule has 0 atom stereocenters. The van der Waals surface area contributed by atoms with Crippen molar-refractivity contribution in [1.29, 1.82) is 0 Å². The minimum atomic E-state index is -4.24. The van der Waals surface area contributed by atoms with Crippen LogP contribution in [0.4, 0.5) is 18.9 Å². The smallest absolute Gasteiger partial charge is 0.380 e. The quantitative estimate of drug-likeness (QED) is 0.544. The third-order valence-electron chi connectivity index (χ3n) is 5.38. The van der Waals surface area contributed by atoms with Gasteiger partial charge in [-0.1, -0.05) is 25.3 Å². The number of alkyl halides is 3. The van der Waals surface area contributed by atoms with E-state index in [0.717, 1.165) is 42.7 Å². The Kier molecular flexibility index (Phi) is 5.71. The molecule has 0 spiro atoms. The normalized spacial score (nSPS) is 14.2. The van der Waals surface area contributed by atoms with Gasteiger partial charge in [-0.05, 0) is 42.7 Å². The van der Waals surface area contributed by atoms with Crippen LogP contribution in [-0.4, -0.2) is 34.0 Å². The molecule has 3 heterocycles. The number of pyridine rings is 1. The van der Waals surface area contributed by atoms with Crippen LogP contribution in [0.15, 0.2) is 61.5 Å². The van der Waals surface area contributed by atoms with E-state index in [4.69, 9.17) is 5.10 Å². The lowest BCUT2D eigenvalue weighted by Crippen LogP contribution is -2.18. The number of fused-ring (bicyclic) bond motifs is 1. The Balaban J connectivity index is 1.77. The van der Waals surface area contributed by atoms with Crippen molar-refractivity contribution < 1.29 is 13.2 Å². The van der Waals surface area contributed by atoms with Crippen LogP contribution < -0.4 is 10.2 Å². The number of hydrogen-bond donors (Lipinski definition) is 1. The van der Waals surface area contributed by atoms with E-state index in [2.05, 4.69) is 28.4 Å². The van der Waals surface area contributed by atoms with Gasteiger partial charge >= 0.3 is 6.18 Å². The third kappa shape index (κ3) is 4.57. The highest BCUT2D eigenvalue weighted by Crippen LogP contribution is 2.32. The molecule has 0 amide bonds. The number of benzene rings is 1. The monoisotopic (exact) mass is 427 g/mol. The highest BCUT2D eigenvalue weighted by Gasteiger charge is 2.27. The van der Waals surface area contributed by atoms with Gasteiger partial charge in [0.1, 0.15) is 0 Å². The summed E-state index contributed by atoms with van der Waals surface area (Å²) in [6.07, 6.45) is 0.477. The molecule has 162 valence electrons. The summed E-state index contributed by atoms with van der Waals surface area (Å²) >= 11 is 0. The fourth-order valence-electron chi connectivity index (χ4n) is 3.88. The molecule has 1 N–H and O–H groups in total. The summed E-state index contributed by atoms with van der Waals surface area (Å²) in [4.78, 5) is 6.89. The van der Waals surface area contributed by atoms with Gasteiger partial charge < -0.3 is 10.2 Å². The molecule has 1 aliphatic heterocycles. The number of anilines is 1. The predicted octanol–water partition coefficient (Wildman–Crippen LogP) is 4.91. The maximum absolute atomic E-state index is 12.7. The zero-order valence-corrected chi connectivity index (χ0v) is 17.1. The van der Waals surface area contributed by atoms with Gasteiger partial charge in [-0.2, -0.15) is 18.3 Å². The van der Waals surface area contributed by atoms with Gasteiger partial charge in [0.05, 0.1) is 35.4 Å². The van der Waals surface area contributed by atoms with Crippen molar-refractivity contribution in [2.45, 2.75) is 32.0 Å². The fourth-order valence-corrected chi connectivity index (χ4v) is 3.88. The zero-order chi connectivity index (χ0) is 22.0. The number of hydrogen-bond acceptors (Lipinski definition) is 4. The third-order valence-corrected chi connectivity index (χ3v) is 5.38. The summed E-state index contributed by atoms with van der Waals surface area (Å²) in [5, 5.41) is 8.91. The number of allylic oxidation sites excluding steroid dienone is 1. The minimum absolute atomic E-state index is 0.211. The van der Waals surface area contributed by atoms with Crippen molar-refractivity contribution in [2.24, 2.45) is 0 Å². The molecule has 1 fully saturated rings. The first kappa shape index (κ1) is 21.0. The van der Waals surface area contributed by atoms with E-state index < -0.39 is 12.6 Å². The average Bonchev–Trinajstić information content (AvgIpc) is 3.40. The SMILES string of the molecule is C=CC(=C)NCc1nn(-c2ccc(CC(F)(F)F)cc2)c2nccc(N3CCCC3)c12. The van der Waals surface area contributed by atoms with Crippen molar-refractivity contribution in [3.8, 4) is 5.69 Å². The van der Waals surface area contributed by atoms with Crippen LogP contribution in [0.1, 0.15) is 24.1 Å². The molecule has 5 nitrogen and oxygen atoms in total. The summed E-state index contributed by atoms with van der Waals surface area (Å²) in [5.41, 5.74) is 4.11. The Morgan fingerprint density at radius 3 is 2.48 bits per heavy atom. The molecule has 2 aromatic heterocycles. The topological polar surface area (TPSA) is 46.0 Å². The van der Waals surface area contributed by atoms with Gasteiger partial charge in [-0.3, -0.25) is 0 Å². The van der Waals surface area contributed by atoms with Crippen LogP contribution in [0.3, 0.4) is 0 Å². The summed E-state index contributed by atoms with van der Waals surface area (Å²) in [5.74, 6) is 0. The molecule has 0 unspecified atom stereocenters. The number of aromatic nitrogens is 3. The highest BCUT2D eigenvalue weighted by atomic mass is 19.4. The van der Waals surface area contributed by atoms with Gasteiger partial charge in [0.15, 0.2) is 5.65 Å². The molecule has 31 heavy (non-hydrogen) atoms. The van der Waals surface area contributed by atoms with E-state index in [-0.39, 0.29) is 5.56 Å². The number of nitrogens with zero attached hydrogens (tertiary/aromatic N) is 4. The van der Waals surface area contributed by atoms with Crippen molar-refractivity contribution in [1.82, 2.24) is 20.1 Å². The maximum Gasteiger partial charge on any atom is 0.393 e. The first-order valence-electron chi connectivity index (χ1n) is 10.2. The summed E-state index contributed by atoms with van der Waals surface area (Å²) in [6.45, 7) is 9.99. The number of rotatable bonds is 7. The Morgan fingerprint density at radius 1 is 1.13 bits per heavy atom. The Hall–Kier alpha value is -3.29. The van der Waals surface area contributed by atoms with Crippen LogP contribution >= 0.6 is 0 Å². The van der Waals surface area contributed by atoms with E-state index >= 15 is 0 Å². The van der Waals surface area contributed by atoms with Crippen LogP contribution in [0.2, 0.25) is 0 Å². The van der Waals surface area contributed by atoms with Crippen molar-refractivity contribution in [3.63, 3.8) is 0 Å². The largest absolute Gasteiger partial charge is 0.393 e. The second kappa shape index (κ2) is 8.45. The Bertz CT molecular complexity index is 1090. The molecule has 0 aliphatic carbocycles. The molecule has 1 aromatic carbocycles. The molecule has 0 bridgehead atoms. The first-order valence-corrected chi connectivity index (χ1v) is 10.2. The van der Waals surface area contributed by atoms with Gasteiger partial charge in [0, 0.05) is 25.0 Å². The second-order valence-corrected chi connectivity index (χ2v) is 7.62. The van der Waals surface area contributed by atoms with Crippen molar-refractivity contribution in [2.75, 3.05) is 18.0 Å². The summed E-state index contributed by atoms with van der Waals surface area (Å²) in [7, 11) is 0. The molecular weight excluding hydrogens is 403 g/mol. The number of halogens is 3. The fraction of sp³-hybridized carbons (Fsp3) is 0.304. The van der Waals surface area contributed by atoms with E-state index in [1.165, 1.54) is 12.1 Å². The standard InChI is InChI=1S/C23H24F3N5/c1-3-16(2)28-15-19-21-20(30-12-4-5-13-30)10-11-27-22(21)31(29-19)18-8-6-17(7-9-18)14-23(24,25)26/h3,6-11,28H,1-2,4-5,12-15H2. The Labute approximate surface area is 178 Å². The van der Waals surface area contributed by atoms with Crippen molar-refractivity contribution >= 4 is 16.7 Å². The van der Waals surface area contributed by atoms with E-state index in [9.17, 15) is 13.2 Å². The molecule has 3 aromatic rings. The first-order chi connectivity index (χ1) is 14.9. The van der Waals surface area contributed by atoms with Crippen LogP contribution in [0.5, 0.6) is 0 Å². The molecule has 4 rings (SSSR count). The molecule has 1 aliphatic rings. The molecule has 8 heteroatoms. The average molecular weight is 427 g/mol. The second-order valence-electron chi connectivity index (χ2n) is 7.62. The predicted molar refractivity (Wildman–Crippen MR) is 116 cm³/mol. The molecule has 0 radical (unpaired) electrons. The van der Waals surface area contributed by atoms with Crippen LogP contribution in [0.25, 0.3) is 16.7 Å². The van der Waals surface area contributed by atoms with E-state index in [0.29, 0.717) is 23.6 Å². The molecule has 0 saturated carbocycles. The summed E-state index contributed by atoms with van der Waals surface area (Å²) < 4.78 is 39.8. The van der Waals surface area contributed by atoms with Crippen LogP contribution in [-0.2, 0) is 13.0 Å². The minimum Gasteiger partial charge on any atom is -0.380 e. The maximum atomic E-state index is 12.7. The summed E-state index contributed by atoms with van der Waals surface area (Å²) in [6, 6.07) is 8.27. The number of nitrogens with one attached hydrogen (secondary N) is 1. The Morgan fingerprint density at radius 2 is 1.84 bits per heavy atom. The lowest BCUT2D eigenvalue weighted by Gasteiger charge is -2.19. The van der Waals surface area contributed by atoms with Crippen LogP contribution in [0, 0.1) is 0 Å². The van der Waals surface area contributed by atoms with Gasteiger partial charge in [0.25, 0.3) is 0 Å². The lowest BCUT2D eigenvalue weighted by atomic mass is 10.1. The lowest BCUT2D eigenvalue weighted by molar-refractivity contribution is -0.127. The molecular formula is C23H24F3N5. The highest BCUT2D eigenvalue weighted by molar-refractivity contribution is 5.93. The van der Waals surface area contributed by atoms with Gasteiger partial charge in [-0.25, -0.2) is 9.67 Å². The molecule has 1 saturated heterocycles. The zero-order valence-electron chi connectivity index (χ0n) is 17.1. The van der Waals surface area contributed by atoms with E-state index in [1.54, 1.807) is 29.1 Å². The van der Waals surface area contributed by atoms with Gasteiger partial charge in [0.2, 0.25) is 0 Å².